The van der Waals surface area contributed by atoms with Gasteiger partial charge >= 0.3 is 0 Å². The summed E-state index contributed by atoms with van der Waals surface area (Å²) < 4.78 is 5.73. The molecule has 0 saturated carbocycles. The van der Waals surface area contributed by atoms with Crippen LogP contribution in [0.5, 0.6) is 0 Å². The second-order valence-corrected chi connectivity index (χ2v) is 6.85. The Morgan fingerprint density at radius 1 is 1.25 bits per heavy atom. The van der Waals surface area contributed by atoms with E-state index in [1.807, 2.05) is 7.11 Å². The van der Waals surface area contributed by atoms with Crippen molar-refractivity contribution in [1.29, 1.82) is 0 Å². The van der Waals surface area contributed by atoms with E-state index < -0.39 is 0 Å². The Labute approximate surface area is 126 Å². The van der Waals surface area contributed by atoms with Crippen LogP contribution in [-0.4, -0.2) is 50.3 Å². The van der Waals surface area contributed by atoms with Crippen molar-refractivity contribution in [1.82, 2.24) is 10.2 Å². The Morgan fingerprint density at radius 3 is 2.50 bits per heavy atom. The average molecular weight is 284 g/mol. The van der Waals surface area contributed by atoms with E-state index in [4.69, 9.17) is 4.74 Å². The molecule has 0 aliphatic carbocycles. The predicted octanol–water partition coefficient (Wildman–Crippen LogP) is 3.29. The van der Waals surface area contributed by atoms with Gasteiger partial charge in [0.15, 0.2) is 0 Å². The molecule has 20 heavy (non-hydrogen) atoms. The van der Waals surface area contributed by atoms with Gasteiger partial charge in [0.05, 0.1) is 5.60 Å². The minimum absolute atomic E-state index is 0.0579. The van der Waals surface area contributed by atoms with Crippen molar-refractivity contribution < 1.29 is 4.74 Å². The molecule has 0 bridgehead atoms. The van der Waals surface area contributed by atoms with Crippen LogP contribution in [0, 0.1) is 5.41 Å². The summed E-state index contributed by atoms with van der Waals surface area (Å²) in [4.78, 5) is 2.63. The maximum absolute atomic E-state index is 5.73. The average Bonchev–Trinajstić information content (AvgIpc) is 2.46. The molecular formula is C17H36N2O. The van der Waals surface area contributed by atoms with Crippen molar-refractivity contribution in [3.05, 3.63) is 0 Å². The van der Waals surface area contributed by atoms with Crippen molar-refractivity contribution >= 4 is 0 Å². The van der Waals surface area contributed by atoms with Gasteiger partial charge in [0.1, 0.15) is 0 Å². The lowest BCUT2D eigenvalue weighted by Crippen LogP contribution is -2.52. The molecule has 1 aliphatic rings. The summed E-state index contributed by atoms with van der Waals surface area (Å²) in [7, 11) is 1.86. The van der Waals surface area contributed by atoms with E-state index in [2.05, 4.69) is 37.9 Å². The van der Waals surface area contributed by atoms with Crippen LogP contribution < -0.4 is 5.32 Å². The lowest BCUT2D eigenvalue weighted by atomic mass is 9.80. The van der Waals surface area contributed by atoms with E-state index in [-0.39, 0.29) is 5.60 Å². The summed E-state index contributed by atoms with van der Waals surface area (Å²) in [5.41, 5.74) is 0.476. The van der Waals surface area contributed by atoms with Crippen LogP contribution in [0.15, 0.2) is 0 Å². The van der Waals surface area contributed by atoms with E-state index in [1.165, 1.54) is 45.2 Å². The number of ether oxygens (including phenoxy) is 1. The van der Waals surface area contributed by atoms with Crippen molar-refractivity contribution in [3.8, 4) is 0 Å². The number of hydrogen-bond acceptors (Lipinski definition) is 3. The van der Waals surface area contributed by atoms with Gasteiger partial charge in [-0.3, -0.25) is 4.90 Å². The van der Waals surface area contributed by atoms with Gasteiger partial charge in [0.2, 0.25) is 0 Å². The molecule has 0 aromatic heterocycles. The smallest absolute Gasteiger partial charge is 0.0777 e. The minimum Gasteiger partial charge on any atom is -0.377 e. The molecule has 1 fully saturated rings. The highest BCUT2D eigenvalue weighted by atomic mass is 16.5. The third-order valence-electron chi connectivity index (χ3n) is 5.22. The summed E-state index contributed by atoms with van der Waals surface area (Å²) in [6, 6.07) is 0. The lowest BCUT2D eigenvalue weighted by molar-refractivity contribution is -0.0600. The molecule has 0 spiro atoms. The molecule has 0 amide bonds. The fourth-order valence-electron chi connectivity index (χ4n) is 3.39. The standard InChI is InChI=1S/C17H36N2O/c1-6-11-18-13-17(7-2,8-3)15-19-12-9-10-16(4,14-19)20-5/h18H,6-15H2,1-5H3. The fourth-order valence-corrected chi connectivity index (χ4v) is 3.39. The molecule has 3 nitrogen and oxygen atoms in total. The van der Waals surface area contributed by atoms with E-state index >= 15 is 0 Å². The Balaban J connectivity index is 2.60. The molecule has 120 valence electrons. The predicted molar refractivity (Wildman–Crippen MR) is 87.3 cm³/mol. The summed E-state index contributed by atoms with van der Waals surface area (Å²) in [5.74, 6) is 0. The van der Waals surface area contributed by atoms with Gasteiger partial charge in [-0.1, -0.05) is 20.8 Å². The Morgan fingerprint density at radius 2 is 1.95 bits per heavy atom. The van der Waals surface area contributed by atoms with Gasteiger partial charge in [-0.25, -0.2) is 0 Å². The van der Waals surface area contributed by atoms with E-state index in [9.17, 15) is 0 Å². The number of nitrogens with one attached hydrogen (secondary N) is 1. The zero-order valence-electron chi connectivity index (χ0n) is 14.4. The van der Waals surface area contributed by atoms with Crippen LogP contribution in [0.2, 0.25) is 0 Å². The molecule has 0 radical (unpaired) electrons. The lowest BCUT2D eigenvalue weighted by Gasteiger charge is -2.44. The summed E-state index contributed by atoms with van der Waals surface area (Å²) in [5, 5.41) is 3.64. The Hall–Kier alpha value is -0.120. The molecule has 1 unspecified atom stereocenters. The third kappa shape index (κ3) is 5.01. The summed E-state index contributed by atoms with van der Waals surface area (Å²) in [6.07, 6.45) is 6.17. The number of piperidine rings is 1. The molecule has 1 atom stereocenters. The van der Waals surface area contributed by atoms with Crippen molar-refractivity contribution in [3.63, 3.8) is 0 Å². The highest BCUT2D eigenvalue weighted by molar-refractivity contribution is 4.89. The maximum atomic E-state index is 5.73. The van der Waals surface area contributed by atoms with Gasteiger partial charge in [0, 0.05) is 26.7 Å². The first-order valence-corrected chi connectivity index (χ1v) is 8.51. The van der Waals surface area contributed by atoms with Gasteiger partial charge in [-0.15, -0.1) is 0 Å². The van der Waals surface area contributed by atoms with Crippen LogP contribution in [0.4, 0.5) is 0 Å². The monoisotopic (exact) mass is 284 g/mol. The van der Waals surface area contributed by atoms with Gasteiger partial charge in [-0.05, 0) is 57.5 Å². The second-order valence-electron chi connectivity index (χ2n) is 6.85. The molecule has 1 aliphatic heterocycles. The highest BCUT2D eigenvalue weighted by Crippen LogP contribution is 2.31. The molecule has 0 aromatic carbocycles. The molecule has 1 heterocycles. The quantitative estimate of drug-likeness (QED) is 0.658. The molecule has 1 saturated heterocycles. The van der Waals surface area contributed by atoms with Gasteiger partial charge < -0.3 is 10.1 Å². The van der Waals surface area contributed by atoms with Gasteiger partial charge in [-0.2, -0.15) is 0 Å². The van der Waals surface area contributed by atoms with E-state index in [0.29, 0.717) is 5.41 Å². The number of methoxy groups -OCH3 is 1. The minimum atomic E-state index is 0.0579. The van der Waals surface area contributed by atoms with Crippen LogP contribution in [0.25, 0.3) is 0 Å². The van der Waals surface area contributed by atoms with E-state index in [1.54, 1.807) is 0 Å². The second kappa shape index (κ2) is 8.35. The van der Waals surface area contributed by atoms with Gasteiger partial charge in [0.25, 0.3) is 0 Å². The van der Waals surface area contributed by atoms with Crippen molar-refractivity contribution in [2.45, 2.75) is 65.4 Å². The van der Waals surface area contributed by atoms with Crippen LogP contribution in [0.3, 0.4) is 0 Å². The molecule has 3 heteroatoms. The Bertz CT molecular complexity index is 266. The molecule has 1 N–H and O–H groups in total. The van der Waals surface area contributed by atoms with E-state index in [0.717, 1.165) is 19.6 Å². The zero-order chi connectivity index (χ0) is 15.1. The molecule has 0 aromatic rings. The fraction of sp³-hybridized carbons (Fsp3) is 1.00. The first kappa shape index (κ1) is 17.9. The normalized spacial score (nSPS) is 25.1. The number of nitrogens with zero attached hydrogens (tertiary/aromatic N) is 1. The number of likely N-dealkylation sites (tertiary alicyclic amines) is 1. The zero-order valence-corrected chi connectivity index (χ0v) is 14.4. The van der Waals surface area contributed by atoms with Crippen LogP contribution >= 0.6 is 0 Å². The largest absolute Gasteiger partial charge is 0.377 e. The first-order chi connectivity index (χ1) is 9.53. The third-order valence-corrected chi connectivity index (χ3v) is 5.22. The summed E-state index contributed by atoms with van der Waals surface area (Å²) in [6.45, 7) is 15.0. The SMILES string of the molecule is CCCNCC(CC)(CC)CN1CCCC(C)(OC)C1. The van der Waals surface area contributed by atoms with Crippen LogP contribution in [0.1, 0.15) is 59.8 Å². The number of hydrogen-bond donors (Lipinski definition) is 1. The maximum Gasteiger partial charge on any atom is 0.0777 e. The Kier molecular flexibility index (Phi) is 7.49. The first-order valence-electron chi connectivity index (χ1n) is 8.51. The molecule has 1 rings (SSSR count). The summed E-state index contributed by atoms with van der Waals surface area (Å²) >= 11 is 0. The molecular weight excluding hydrogens is 248 g/mol. The number of rotatable bonds is 9. The van der Waals surface area contributed by atoms with Crippen LogP contribution in [-0.2, 0) is 4.74 Å². The van der Waals surface area contributed by atoms with Crippen molar-refractivity contribution in [2.24, 2.45) is 5.41 Å². The topological polar surface area (TPSA) is 24.5 Å². The highest BCUT2D eigenvalue weighted by Gasteiger charge is 2.35. The van der Waals surface area contributed by atoms with Crippen molar-refractivity contribution in [2.75, 3.05) is 39.8 Å².